The number of benzene rings is 1. The van der Waals surface area contributed by atoms with Gasteiger partial charge in [0.05, 0.1) is 42.5 Å². The molecule has 1 atom stereocenters. The van der Waals surface area contributed by atoms with E-state index in [4.69, 9.17) is 37.4 Å². The van der Waals surface area contributed by atoms with Gasteiger partial charge in [-0.3, -0.25) is 9.59 Å². The molecule has 1 heterocycles. The summed E-state index contributed by atoms with van der Waals surface area (Å²) in [6.45, 7) is 6.82. The lowest BCUT2D eigenvalue weighted by molar-refractivity contribution is -0.142. The molecule has 1 saturated heterocycles. The van der Waals surface area contributed by atoms with E-state index < -0.39 is 42.1 Å². The summed E-state index contributed by atoms with van der Waals surface area (Å²) in [5.41, 5.74) is 0.00955. The van der Waals surface area contributed by atoms with Gasteiger partial charge in [-0.1, -0.05) is 23.2 Å². The van der Waals surface area contributed by atoms with Crippen molar-refractivity contribution in [3.05, 3.63) is 27.7 Å². The monoisotopic (exact) mass is 532 g/mol. The van der Waals surface area contributed by atoms with Crippen LogP contribution in [0.4, 0.5) is 10.5 Å². The van der Waals surface area contributed by atoms with Gasteiger partial charge in [0.25, 0.3) is 5.91 Å². The minimum atomic E-state index is -1.23. The zero-order valence-corrected chi connectivity index (χ0v) is 21.5. The molecule has 0 unspecified atom stereocenters. The molecule has 194 valence electrons. The van der Waals surface area contributed by atoms with E-state index in [1.165, 1.54) is 0 Å². The predicted molar refractivity (Wildman–Crippen MR) is 130 cm³/mol. The van der Waals surface area contributed by atoms with Gasteiger partial charge >= 0.3 is 12.1 Å². The van der Waals surface area contributed by atoms with Crippen LogP contribution in [0.5, 0.6) is 0 Å². The van der Waals surface area contributed by atoms with Crippen molar-refractivity contribution in [1.82, 2.24) is 16.0 Å². The van der Waals surface area contributed by atoms with Crippen LogP contribution in [0.2, 0.25) is 10.0 Å². The van der Waals surface area contributed by atoms with E-state index in [1.807, 2.05) is 4.90 Å². The Hall–Kier alpha value is -2.76. The summed E-state index contributed by atoms with van der Waals surface area (Å²) in [4.78, 5) is 50.8. The summed E-state index contributed by atoms with van der Waals surface area (Å²) in [7, 11) is 1.14. The van der Waals surface area contributed by atoms with Crippen molar-refractivity contribution in [2.45, 2.75) is 32.4 Å². The summed E-state index contributed by atoms with van der Waals surface area (Å²) in [6, 6.07) is 2.00. The molecule has 1 fully saturated rings. The molecular weight excluding hydrogens is 503 g/mol. The first-order valence-electron chi connectivity index (χ1n) is 10.8. The number of hydrogen-bond donors (Lipinski definition) is 3. The lowest BCUT2D eigenvalue weighted by Gasteiger charge is -2.29. The minimum Gasteiger partial charge on any atom is -0.467 e. The average Bonchev–Trinajstić information content (AvgIpc) is 2.78. The molecule has 1 aliphatic heterocycles. The molecule has 1 aliphatic rings. The quantitative estimate of drug-likeness (QED) is 0.431. The average molecular weight is 533 g/mol. The van der Waals surface area contributed by atoms with Gasteiger partial charge in [0.1, 0.15) is 11.6 Å². The van der Waals surface area contributed by atoms with E-state index in [-0.39, 0.29) is 22.2 Å². The number of anilines is 1. The van der Waals surface area contributed by atoms with Crippen molar-refractivity contribution in [1.29, 1.82) is 0 Å². The van der Waals surface area contributed by atoms with E-state index in [1.54, 1.807) is 32.9 Å². The van der Waals surface area contributed by atoms with Crippen molar-refractivity contribution in [2.24, 2.45) is 0 Å². The third kappa shape index (κ3) is 9.08. The van der Waals surface area contributed by atoms with Crippen molar-refractivity contribution < 1.29 is 33.4 Å². The number of nitrogens with zero attached hydrogens (tertiary/aromatic N) is 1. The van der Waals surface area contributed by atoms with Crippen LogP contribution in [0.3, 0.4) is 0 Å². The third-order valence-electron chi connectivity index (χ3n) is 4.72. The maximum absolute atomic E-state index is 12.9. The number of carbonyl (C=O) groups excluding carboxylic acids is 4. The molecule has 1 aromatic rings. The Morgan fingerprint density at radius 1 is 1.09 bits per heavy atom. The SMILES string of the molecule is COC(=O)[C@H](CNC(=O)CNC(=O)OC(C)(C)C)NC(=O)c1c(Cl)cc(N2CCOCC2)cc1Cl. The molecule has 0 aliphatic carbocycles. The maximum atomic E-state index is 12.9. The Bertz CT molecular complexity index is 923. The summed E-state index contributed by atoms with van der Waals surface area (Å²) < 4.78 is 15.1. The predicted octanol–water partition coefficient (Wildman–Crippen LogP) is 1.74. The highest BCUT2D eigenvalue weighted by Crippen LogP contribution is 2.31. The molecule has 1 aromatic carbocycles. The lowest BCUT2D eigenvalue weighted by Crippen LogP contribution is -2.50. The van der Waals surface area contributed by atoms with Crippen LogP contribution in [0.25, 0.3) is 0 Å². The Morgan fingerprint density at radius 3 is 2.23 bits per heavy atom. The van der Waals surface area contributed by atoms with Gasteiger partial charge in [0, 0.05) is 25.3 Å². The second-order valence-corrected chi connectivity index (χ2v) is 9.41. The van der Waals surface area contributed by atoms with Gasteiger partial charge in [-0.05, 0) is 32.9 Å². The van der Waals surface area contributed by atoms with E-state index in [0.29, 0.717) is 26.3 Å². The molecule has 0 aromatic heterocycles. The number of nitrogens with one attached hydrogen (secondary N) is 3. The van der Waals surface area contributed by atoms with Crippen molar-refractivity contribution in [3.8, 4) is 0 Å². The van der Waals surface area contributed by atoms with Crippen LogP contribution in [0.15, 0.2) is 12.1 Å². The fourth-order valence-corrected chi connectivity index (χ4v) is 3.74. The summed E-state index contributed by atoms with van der Waals surface area (Å²) >= 11 is 12.7. The number of ether oxygens (including phenoxy) is 3. The highest BCUT2D eigenvalue weighted by molar-refractivity contribution is 6.40. The topological polar surface area (TPSA) is 135 Å². The molecule has 11 nitrogen and oxygen atoms in total. The second kappa shape index (κ2) is 12.8. The first kappa shape index (κ1) is 28.5. The Balaban J connectivity index is 2.00. The Kier molecular flexibility index (Phi) is 10.4. The smallest absolute Gasteiger partial charge is 0.408 e. The summed E-state index contributed by atoms with van der Waals surface area (Å²) in [5.74, 6) is -2.12. The van der Waals surface area contributed by atoms with Crippen molar-refractivity contribution in [2.75, 3.05) is 51.4 Å². The van der Waals surface area contributed by atoms with Gasteiger partial charge in [-0.15, -0.1) is 0 Å². The molecule has 0 saturated carbocycles. The van der Waals surface area contributed by atoms with E-state index >= 15 is 0 Å². The van der Waals surface area contributed by atoms with Crippen molar-refractivity contribution in [3.63, 3.8) is 0 Å². The number of halogens is 2. The summed E-state index contributed by atoms with van der Waals surface area (Å²) in [5, 5.41) is 7.42. The van der Waals surface area contributed by atoms with Crippen LogP contribution in [-0.4, -0.2) is 82.0 Å². The molecule has 3 amide bonds. The van der Waals surface area contributed by atoms with Crippen molar-refractivity contribution >= 4 is 52.8 Å². The number of esters is 1. The van der Waals surface area contributed by atoms with Crippen LogP contribution in [0, 0.1) is 0 Å². The summed E-state index contributed by atoms with van der Waals surface area (Å²) in [6.07, 6.45) is -0.768. The van der Waals surface area contributed by atoms with Crippen LogP contribution in [-0.2, 0) is 23.8 Å². The fraction of sp³-hybridized carbons (Fsp3) is 0.545. The molecule has 2 rings (SSSR count). The minimum absolute atomic E-state index is 0.0165. The van der Waals surface area contributed by atoms with Crippen LogP contribution in [0.1, 0.15) is 31.1 Å². The van der Waals surface area contributed by atoms with Gasteiger partial charge in [-0.25, -0.2) is 9.59 Å². The molecule has 35 heavy (non-hydrogen) atoms. The highest BCUT2D eigenvalue weighted by atomic mass is 35.5. The van der Waals surface area contributed by atoms with Gasteiger partial charge in [0.2, 0.25) is 5.91 Å². The number of methoxy groups -OCH3 is 1. The first-order chi connectivity index (χ1) is 16.4. The molecule has 13 heteroatoms. The number of amides is 3. The van der Waals surface area contributed by atoms with E-state index in [9.17, 15) is 19.2 Å². The zero-order chi connectivity index (χ0) is 26.2. The van der Waals surface area contributed by atoms with Gasteiger partial charge < -0.3 is 35.1 Å². The number of alkyl carbamates (subject to hydrolysis) is 1. The Morgan fingerprint density at radius 2 is 1.69 bits per heavy atom. The number of carbonyl (C=O) groups is 4. The maximum Gasteiger partial charge on any atom is 0.408 e. The highest BCUT2D eigenvalue weighted by Gasteiger charge is 2.26. The van der Waals surface area contributed by atoms with E-state index in [2.05, 4.69) is 16.0 Å². The number of hydrogen-bond acceptors (Lipinski definition) is 8. The Labute approximate surface area is 213 Å². The standard InChI is InChI=1S/C22H30Cl2N4O7/c1-22(2,3)35-21(32)26-12-17(29)25-11-16(20(31)33-4)27-19(30)18-14(23)9-13(10-15(18)24)28-5-7-34-8-6-28/h9-10,16H,5-8,11-12H2,1-4H3,(H,25,29)(H,26,32)(H,27,30)/t16-/m0/s1. The fourth-order valence-electron chi connectivity index (χ4n) is 3.09. The number of rotatable bonds is 8. The molecule has 0 bridgehead atoms. The largest absolute Gasteiger partial charge is 0.467 e. The van der Waals surface area contributed by atoms with Gasteiger partial charge in [-0.2, -0.15) is 0 Å². The van der Waals surface area contributed by atoms with Crippen LogP contribution >= 0.6 is 23.2 Å². The third-order valence-corrected chi connectivity index (χ3v) is 5.31. The number of morpholine rings is 1. The second-order valence-electron chi connectivity index (χ2n) is 8.59. The van der Waals surface area contributed by atoms with E-state index in [0.717, 1.165) is 12.8 Å². The van der Waals surface area contributed by atoms with Crippen LogP contribution < -0.4 is 20.9 Å². The molecule has 0 radical (unpaired) electrons. The molecular formula is C22H30Cl2N4O7. The molecule has 3 N–H and O–H groups in total. The van der Waals surface area contributed by atoms with Gasteiger partial charge in [0.15, 0.2) is 0 Å². The lowest BCUT2D eigenvalue weighted by atomic mass is 10.1. The molecule has 0 spiro atoms. The first-order valence-corrected chi connectivity index (χ1v) is 11.6. The zero-order valence-electron chi connectivity index (χ0n) is 20.0. The normalized spacial score (nSPS) is 14.5.